The van der Waals surface area contributed by atoms with Crippen molar-refractivity contribution in [2.24, 2.45) is 0 Å². The molecular formula is C26H18ClNO3S. The van der Waals surface area contributed by atoms with Gasteiger partial charge in [0.25, 0.3) is 11.1 Å². The molecule has 5 rings (SSSR count). The number of hydrogen-bond donors (Lipinski definition) is 0. The molecule has 0 unspecified atom stereocenters. The van der Waals surface area contributed by atoms with Crippen LogP contribution < -0.4 is 0 Å². The first-order valence-corrected chi connectivity index (χ1v) is 11.3. The van der Waals surface area contributed by atoms with Gasteiger partial charge >= 0.3 is 0 Å². The molecular weight excluding hydrogens is 442 g/mol. The third-order valence-corrected chi connectivity index (χ3v) is 6.75. The number of furan rings is 1. The normalized spacial score (nSPS) is 15.3. The fourth-order valence-corrected chi connectivity index (χ4v) is 4.70. The largest absolute Gasteiger partial charge is 0.457 e. The Morgan fingerprint density at radius 1 is 1.00 bits per heavy atom. The second-order valence-electron chi connectivity index (χ2n) is 7.57. The summed E-state index contributed by atoms with van der Waals surface area (Å²) >= 11 is 7.15. The Morgan fingerprint density at radius 3 is 2.66 bits per heavy atom. The summed E-state index contributed by atoms with van der Waals surface area (Å²) in [7, 11) is 0. The van der Waals surface area contributed by atoms with E-state index in [0.717, 1.165) is 39.2 Å². The van der Waals surface area contributed by atoms with Gasteiger partial charge in [-0.3, -0.25) is 14.5 Å². The minimum Gasteiger partial charge on any atom is -0.457 e. The number of halogens is 1. The highest BCUT2D eigenvalue weighted by molar-refractivity contribution is 8.18. The number of amides is 2. The highest BCUT2D eigenvalue weighted by Crippen LogP contribution is 2.35. The van der Waals surface area contributed by atoms with Crippen LogP contribution in [0.2, 0.25) is 5.02 Å². The maximum Gasteiger partial charge on any atom is 0.293 e. The van der Waals surface area contributed by atoms with Gasteiger partial charge in [0, 0.05) is 16.7 Å². The molecule has 0 saturated carbocycles. The first-order chi connectivity index (χ1) is 15.5. The van der Waals surface area contributed by atoms with Crippen molar-refractivity contribution in [1.82, 2.24) is 4.90 Å². The van der Waals surface area contributed by atoms with Crippen LogP contribution in [0.25, 0.3) is 28.2 Å². The summed E-state index contributed by atoms with van der Waals surface area (Å²) in [6.45, 7) is 2.17. The van der Waals surface area contributed by atoms with Gasteiger partial charge in [0.15, 0.2) is 0 Å². The maximum atomic E-state index is 13.0. The Bertz CT molecular complexity index is 1400. The Labute approximate surface area is 194 Å². The minimum absolute atomic E-state index is 0.231. The third kappa shape index (κ3) is 3.85. The summed E-state index contributed by atoms with van der Waals surface area (Å²) in [4.78, 5) is 27.2. The van der Waals surface area contributed by atoms with Crippen molar-refractivity contribution < 1.29 is 14.0 Å². The fraction of sp³-hybridized carbons (Fsp3) is 0.0769. The van der Waals surface area contributed by atoms with Crippen molar-refractivity contribution in [1.29, 1.82) is 0 Å². The summed E-state index contributed by atoms with van der Waals surface area (Å²) in [6.07, 6.45) is 1.62. The second kappa shape index (κ2) is 8.34. The third-order valence-electron chi connectivity index (χ3n) is 5.44. The van der Waals surface area contributed by atoms with E-state index in [4.69, 9.17) is 16.0 Å². The van der Waals surface area contributed by atoms with E-state index in [-0.39, 0.29) is 17.7 Å². The molecule has 1 aliphatic heterocycles. The monoisotopic (exact) mass is 459 g/mol. The molecule has 0 N–H and O–H groups in total. The van der Waals surface area contributed by atoms with Gasteiger partial charge in [0.2, 0.25) is 0 Å². The van der Waals surface area contributed by atoms with Crippen LogP contribution in [0.4, 0.5) is 4.79 Å². The molecule has 0 atom stereocenters. The van der Waals surface area contributed by atoms with Crippen molar-refractivity contribution in [2.45, 2.75) is 13.5 Å². The zero-order valence-corrected chi connectivity index (χ0v) is 18.7. The first kappa shape index (κ1) is 20.6. The Morgan fingerprint density at radius 2 is 1.81 bits per heavy atom. The summed E-state index contributed by atoms with van der Waals surface area (Å²) in [5.74, 6) is 0.838. The zero-order chi connectivity index (χ0) is 22.2. The molecule has 2 amide bonds. The quantitative estimate of drug-likeness (QED) is 0.300. The van der Waals surface area contributed by atoms with Crippen LogP contribution in [0.3, 0.4) is 0 Å². The number of aryl methyl sites for hydroxylation is 1. The Kier molecular flexibility index (Phi) is 5.37. The van der Waals surface area contributed by atoms with Gasteiger partial charge in [-0.05, 0) is 58.8 Å². The van der Waals surface area contributed by atoms with Crippen molar-refractivity contribution in [3.8, 4) is 11.3 Å². The first-order valence-electron chi connectivity index (χ1n) is 10.1. The molecule has 1 aromatic heterocycles. The van der Waals surface area contributed by atoms with E-state index in [0.29, 0.717) is 21.4 Å². The fourth-order valence-electron chi connectivity index (χ4n) is 3.70. The molecule has 0 spiro atoms. The maximum absolute atomic E-state index is 13.0. The lowest BCUT2D eigenvalue weighted by atomic mass is 10.0. The van der Waals surface area contributed by atoms with Gasteiger partial charge in [-0.25, -0.2) is 0 Å². The molecule has 1 fully saturated rings. The number of thioether (sulfide) groups is 1. The van der Waals surface area contributed by atoms with Gasteiger partial charge < -0.3 is 4.42 Å². The highest BCUT2D eigenvalue weighted by Gasteiger charge is 2.35. The van der Waals surface area contributed by atoms with Crippen molar-refractivity contribution in [3.63, 3.8) is 0 Å². The predicted octanol–water partition coefficient (Wildman–Crippen LogP) is 7.30. The lowest BCUT2D eigenvalue weighted by Gasteiger charge is -2.14. The number of benzene rings is 3. The van der Waals surface area contributed by atoms with Crippen LogP contribution in [-0.4, -0.2) is 16.0 Å². The average molecular weight is 460 g/mol. The van der Waals surface area contributed by atoms with Crippen molar-refractivity contribution >= 4 is 51.4 Å². The Balaban J connectivity index is 1.39. The number of hydrogen-bond acceptors (Lipinski definition) is 4. The lowest BCUT2D eigenvalue weighted by molar-refractivity contribution is -0.123. The van der Waals surface area contributed by atoms with Crippen LogP contribution in [0.5, 0.6) is 0 Å². The van der Waals surface area contributed by atoms with Crippen molar-refractivity contribution in [2.75, 3.05) is 0 Å². The molecule has 6 heteroatoms. The number of rotatable bonds is 4. The standard InChI is InChI=1S/C26H18ClNO3S/c1-16-9-10-18(13-22(16)27)23-12-11-20(31-23)14-24-25(29)28(26(30)32-24)15-19-7-4-6-17-5-2-3-8-21(17)19/h2-14H,15H2,1H3/b24-14-. The minimum atomic E-state index is -0.315. The van der Waals surface area contributed by atoms with E-state index in [1.165, 1.54) is 4.90 Å². The molecule has 4 nitrogen and oxygen atoms in total. The molecule has 1 aliphatic rings. The summed E-state index contributed by atoms with van der Waals surface area (Å²) in [6, 6.07) is 23.2. The van der Waals surface area contributed by atoms with Crippen LogP contribution in [0.15, 0.2) is 82.1 Å². The van der Waals surface area contributed by atoms with Crippen LogP contribution in [0, 0.1) is 6.92 Å². The van der Waals surface area contributed by atoms with Gasteiger partial charge in [0.1, 0.15) is 11.5 Å². The molecule has 0 radical (unpaired) electrons. The number of carbonyl (C=O) groups is 2. The zero-order valence-electron chi connectivity index (χ0n) is 17.2. The van der Waals surface area contributed by atoms with E-state index in [9.17, 15) is 9.59 Å². The van der Waals surface area contributed by atoms with Gasteiger partial charge in [-0.1, -0.05) is 66.2 Å². The number of carbonyl (C=O) groups excluding carboxylic acids is 2. The summed E-state index contributed by atoms with van der Waals surface area (Å²) in [5, 5.41) is 2.48. The molecule has 3 aromatic carbocycles. The number of fused-ring (bicyclic) bond motifs is 1. The molecule has 4 aromatic rings. The molecule has 32 heavy (non-hydrogen) atoms. The van der Waals surface area contributed by atoms with E-state index in [2.05, 4.69) is 0 Å². The molecule has 1 saturated heterocycles. The predicted molar refractivity (Wildman–Crippen MR) is 129 cm³/mol. The van der Waals surface area contributed by atoms with E-state index in [1.807, 2.05) is 73.7 Å². The van der Waals surface area contributed by atoms with Crippen molar-refractivity contribution in [3.05, 3.63) is 99.6 Å². The van der Waals surface area contributed by atoms with E-state index in [1.54, 1.807) is 12.1 Å². The lowest BCUT2D eigenvalue weighted by Crippen LogP contribution is -2.27. The number of nitrogens with zero attached hydrogens (tertiary/aromatic N) is 1. The SMILES string of the molecule is Cc1ccc(-c2ccc(/C=C3\SC(=O)N(Cc4cccc5ccccc45)C3=O)o2)cc1Cl. The molecule has 0 aliphatic carbocycles. The van der Waals surface area contributed by atoms with E-state index >= 15 is 0 Å². The van der Waals surface area contributed by atoms with E-state index < -0.39 is 0 Å². The second-order valence-corrected chi connectivity index (χ2v) is 8.97. The number of imide groups is 1. The molecule has 158 valence electrons. The summed E-state index contributed by atoms with van der Waals surface area (Å²) < 4.78 is 5.89. The van der Waals surface area contributed by atoms with Crippen LogP contribution in [-0.2, 0) is 11.3 Å². The smallest absolute Gasteiger partial charge is 0.293 e. The van der Waals surface area contributed by atoms with Gasteiger partial charge in [-0.15, -0.1) is 0 Å². The topological polar surface area (TPSA) is 50.5 Å². The molecule has 2 heterocycles. The molecule has 0 bridgehead atoms. The average Bonchev–Trinajstić information content (AvgIpc) is 3.36. The van der Waals surface area contributed by atoms with Crippen LogP contribution in [0.1, 0.15) is 16.9 Å². The van der Waals surface area contributed by atoms with Crippen LogP contribution >= 0.6 is 23.4 Å². The Hall–Kier alpha value is -3.28. The van der Waals surface area contributed by atoms with Gasteiger partial charge in [0.05, 0.1) is 11.4 Å². The summed E-state index contributed by atoms with van der Waals surface area (Å²) in [5.41, 5.74) is 2.77. The highest BCUT2D eigenvalue weighted by atomic mass is 35.5. The van der Waals surface area contributed by atoms with Gasteiger partial charge in [-0.2, -0.15) is 0 Å².